The van der Waals surface area contributed by atoms with Crippen molar-refractivity contribution in [3.63, 3.8) is 0 Å². The Morgan fingerprint density at radius 2 is 2.44 bits per heavy atom. The highest BCUT2D eigenvalue weighted by atomic mass is 16.5. The minimum atomic E-state index is -0.268. The van der Waals surface area contributed by atoms with Crippen molar-refractivity contribution in [3.8, 4) is 5.75 Å². The normalized spacial score (nSPS) is 15.1. The maximum absolute atomic E-state index is 11.5. The van der Waals surface area contributed by atoms with Crippen LogP contribution in [0.25, 0.3) is 0 Å². The first-order chi connectivity index (χ1) is 8.81. The Morgan fingerprint density at radius 1 is 1.56 bits per heavy atom. The first-order valence-corrected chi connectivity index (χ1v) is 6.05. The van der Waals surface area contributed by atoms with E-state index in [1.165, 1.54) is 19.0 Å². The number of H-pyrrole nitrogens is 1. The molecule has 0 fully saturated rings. The molecule has 3 N–H and O–H groups in total. The van der Waals surface area contributed by atoms with Gasteiger partial charge in [-0.25, -0.2) is 4.98 Å². The van der Waals surface area contributed by atoms with Gasteiger partial charge in [-0.15, -0.1) is 0 Å². The van der Waals surface area contributed by atoms with Gasteiger partial charge in [0.1, 0.15) is 0 Å². The van der Waals surface area contributed by atoms with Gasteiger partial charge in [0.2, 0.25) is 5.75 Å². The van der Waals surface area contributed by atoms with Gasteiger partial charge in [0.25, 0.3) is 5.56 Å². The van der Waals surface area contributed by atoms with Crippen LogP contribution < -0.4 is 20.9 Å². The highest BCUT2D eigenvalue weighted by molar-refractivity contribution is 5.47. The zero-order valence-corrected chi connectivity index (χ0v) is 10.5. The Morgan fingerprint density at radius 3 is 3.17 bits per heavy atom. The Kier molecular flexibility index (Phi) is 4.35. The van der Waals surface area contributed by atoms with E-state index in [1.54, 1.807) is 0 Å². The maximum Gasteiger partial charge on any atom is 0.295 e. The number of nitrogens with one attached hydrogen (secondary N) is 3. The van der Waals surface area contributed by atoms with Crippen molar-refractivity contribution in [2.75, 3.05) is 32.1 Å². The van der Waals surface area contributed by atoms with E-state index < -0.39 is 0 Å². The molecule has 0 bridgehead atoms. The highest BCUT2D eigenvalue weighted by Crippen LogP contribution is 2.15. The predicted molar refractivity (Wildman–Crippen MR) is 70.1 cm³/mol. The number of rotatable bonds is 5. The molecule has 0 aromatic carbocycles. The molecule has 0 saturated carbocycles. The summed E-state index contributed by atoms with van der Waals surface area (Å²) >= 11 is 0. The number of ether oxygens (including phenoxy) is 1. The fourth-order valence-corrected chi connectivity index (χ4v) is 1.94. The molecule has 6 nitrogen and oxygen atoms in total. The molecule has 0 amide bonds. The van der Waals surface area contributed by atoms with E-state index in [2.05, 4.69) is 26.7 Å². The number of methoxy groups -OCH3 is 1. The zero-order valence-electron chi connectivity index (χ0n) is 10.5. The highest BCUT2D eigenvalue weighted by Gasteiger charge is 2.08. The molecule has 0 atom stereocenters. The summed E-state index contributed by atoms with van der Waals surface area (Å²) in [5, 5.41) is 6.41. The Hall–Kier alpha value is -1.82. The summed E-state index contributed by atoms with van der Waals surface area (Å²) in [6.45, 7) is 2.74. The minimum absolute atomic E-state index is 0.233. The van der Waals surface area contributed by atoms with Crippen LogP contribution in [0.5, 0.6) is 5.75 Å². The third kappa shape index (κ3) is 3.10. The van der Waals surface area contributed by atoms with Crippen molar-refractivity contribution in [1.82, 2.24) is 15.3 Å². The van der Waals surface area contributed by atoms with Gasteiger partial charge in [-0.1, -0.05) is 11.6 Å². The van der Waals surface area contributed by atoms with E-state index >= 15 is 0 Å². The van der Waals surface area contributed by atoms with Crippen LogP contribution >= 0.6 is 0 Å². The molecular weight excluding hydrogens is 232 g/mol. The molecule has 0 spiro atoms. The fraction of sp³-hybridized carbons (Fsp3) is 0.500. The molecule has 0 unspecified atom stereocenters. The van der Waals surface area contributed by atoms with Crippen LogP contribution in [-0.4, -0.2) is 36.7 Å². The molecule has 98 valence electrons. The Labute approximate surface area is 105 Å². The van der Waals surface area contributed by atoms with Gasteiger partial charge in [-0.3, -0.25) is 4.79 Å². The molecule has 18 heavy (non-hydrogen) atoms. The van der Waals surface area contributed by atoms with Crippen molar-refractivity contribution in [2.24, 2.45) is 0 Å². The Balaban J connectivity index is 1.92. The second-order valence-corrected chi connectivity index (χ2v) is 4.11. The van der Waals surface area contributed by atoms with Crippen LogP contribution in [0.4, 0.5) is 5.82 Å². The lowest BCUT2D eigenvalue weighted by Crippen LogP contribution is -2.21. The van der Waals surface area contributed by atoms with Gasteiger partial charge in [0, 0.05) is 13.1 Å². The third-order valence-electron chi connectivity index (χ3n) is 2.91. The summed E-state index contributed by atoms with van der Waals surface area (Å²) in [5.74, 6) is 0.729. The third-order valence-corrected chi connectivity index (χ3v) is 2.91. The number of aromatic nitrogens is 2. The molecule has 1 aliphatic heterocycles. The lowest BCUT2D eigenvalue weighted by Gasteiger charge is -2.14. The monoisotopic (exact) mass is 250 g/mol. The van der Waals surface area contributed by atoms with Crippen LogP contribution in [0.3, 0.4) is 0 Å². The summed E-state index contributed by atoms with van der Waals surface area (Å²) in [7, 11) is 1.47. The quantitative estimate of drug-likeness (QED) is 0.663. The average molecular weight is 250 g/mol. The van der Waals surface area contributed by atoms with E-state index in [0.29, 0.717) is 5.82 Å². The van der Waals surface area contributed by atoms with Crippen LogP contribution in [-0.2, 0) is 0 Å². The van der Waals surface area contributed by atoms with Crippen molar-refractivity contribution in [1.29, 1.82) is 0 Å². The first kappa shape index (κ1) is 12.6. The molecule has 1 aromatic rings. The number of nitrogens with zero attached hydrogens (tertiary/aromatic N) is 1. The summed E-state index contributed by atoms with van der Waals surface area (Å²) in [6, 6.07) is 0. The van der Waals surface area contributed by atoms with E-state index in [0.717, 1.165) is 32.5 Å². The maximum atomic E-state index is 11.5. The Bertz CT molecular complexity index is 481. The lowest BCUT2D eigenvalue weighted by atomic mass is 10.1. The predicted octanol–water partition coefficient (Wildman–Crippen LogP) is 0.500. The van der Waals surface area contributed by atoms with E-state index in [1.807, 2.05) is 0 Å². The smallest absolute Gasteiger partial charge is 0.295 e. The van der Waals surface area contributed by atoms with Gasteiger partial charge in [0.15, 0.2) is 5.82 Å². The molecule has 2 heterocycles. The molecule has 1 aliphatic rings. The summed E-state index contributed by atoms with van der Waals surface area (Å²) in [4.78, 5) is 18.0. The summed E-state index contributed by atoms with van der Waals surface area (Å²) < 4.78 is 5.03. The molecule has 2 rings (SSSR count). The molecule has 0 saturated heterocycles. The van der Waals surface area contributed by atoms with Crippen LogP contribution in [0.15, 0.2) is 22.8 Å². The number of aromatic amines is 1. The number of anilines is 1. The van der Waals surface area contributed by atoms with Gasteiger partial charge >= 0.3 is 0 Å². The zero-order chi connectivity index (χ0) is 12.8. The van der Waals surface area contributed by atoms with Crippen molar-refractivity contribution >= 4 is 5.82 Å². The van der Waals surface area contributed by atoms with E-state index in [-0.39, 0.29) is 11.3 Å². The van der Waals surface area contributed by atoms with Crippen LogP contribution in [0.1, 0.15) is 12.8 Å². The van der Waals surface area contributed by atoms with Gasteiger partial charge in [0.05, 0.1) is 13.4 Å². The standard InChI is InChI=1S/C12H18N4O2/c1-18-10-11(15-8-16-12(10)17)14-7-4-9-2-5-13-6-3-9/h2,8,13H,3-7H2,1H3,(H2,14,15,16,17). The topological polar surface area (TPSA) is 79.0 Å². The summed E-state index contributed by atoms with van der Waals surface area (Å²) in [5.41, 5.74) is 1.17. The average Bonchev–Trinajstić information content (AvgIpc) is 2.40. The molecule has 1 aromatic heterocycles. The van der Waals surface area contributed by atoms with Gasteiger partial charge in [-0.05, 0) is 19.4 Å². The molecular formula is C12H18N4O2. The van der Waals surface area contributed by atoms with E-state index in [9.17, 15) is 4.79 Å². The second-order valence-electron chi connectivity index (χ2n) is 4.11. The van der Waals surface area contributed by atoms with Crippen molar-refractivity contribution < 1.29 is 4.74 Å². The molecule has 6 heteroatoms. The van der Waals surface area contributed by atoms with Crippen molar-refractivity contribution in [3.05, 3.63) is 28.3 Å². The fourth-order valence-electron chi connectivity index (χ4n) is 1.94. The molecule has 0 aliphatic carbocycles. The second kappa shape index (κ2) is 6.20. The first-order valence-electron chi connectivity index (χ1n) is 6.05. The minimum Gasteiger partial charge on any atom is -0.489 e. The largest absolute Gasteiger partial charge is 0.489 e. The number of hydrogen-bond acceptors (Lipinski definition) is 5. The summed E-state index contributed by atoms with van der Waals surface area (Å²) in [6.07, 6.45) is 5.63. The molecule has 0 radical (unpaired) electrons. The van der Waals surface area contributed by atoms with Crippen LogP contribution in [0.2, 0.25) is 0 Å². The lowest BCUT2D eigenvalue weighted by molar-refractivity contribution is 0.408. The van der Waals surface area contributed by atoms with Gasteiger partial charge in [-0.2, -0.15) is 0 Å². The van der Waals surface area contributed by atoms with E-state index in [4.69, 9.17) is 4.74 Å². The number of hydrogen-bond donors (Lipinski definition) is 3. The van der Waals surface area contributed by atoms with Crippen molar-refractivity contribution in [2.45, 2.75) is 12.8 Å². The van der Waals surface area contributed by atoms with Gasteiger partial charge < -0.3 is 20.4 Å². The SMILES string of the molecule is COc1c(NCCC2=CCNCC2)nc[nH]c1=O. The van der Waals surface area contributed by atoms with Crippen LogP contribution in [0, 0.1) is 0 Å².